The molecule has 0 bridgehead atoms. The lowest BCUT2D eigenvalue weighted by atomic mass is 9.48. The third-order valence-electron chi connectivity index (χ3n) is 10.4. The van der Waals surface area contributed by atoms with Crippen LogP contribution >= 0.6 is 0 Å². The van der Waals surface area contributed by atoms with Gasteiger partial charge in [0.05, 0.1) is 12.2 Å². The van der Waals surface area contributed by atoms with Crippen molar-refractivity contribution in [2.24, 2.45) is 46.3 Å². The molecular formula is C28H46O2. The van der Waals surface area contributed by atoms with E-state index in [1.165, 1.54) is 50.5 Å². The van der Waals surface area contributed by atoms with Crippen LogP contribution in [0.15, 0.2) is 23.3 Å². The highest BCUT2D eigenvalue weighted by Gasteiger charge is 2.59. The molecule has 2 heteroatoms. The second kappa shape index (κ2) is 8.07. The smallest absolute Gasteiger partial charge is 0.0686 e. The van der Waals surface area contributed by atoms with Crippen molar-refractivity contribution in [1.29, 1.82) is 0 Å². The van der Waals surface area contributed by atoms with E-state index in [4.69, 9.17) is 0 Å². The molecule has 4 aliphatic rings. The summed E-state index contributed by atoms with van der Waals surface area (Å²) >= 11 is 0. The fourth-order valence-corrected chi connectivity index (χ4v) is 8.35. The molecule has 3 saturated carbocycles. The summed E-state index contributed by atoms with van der Waals surface area (Å²) < 4.78 is 0. The van der Waals surface area contributed by atoms with E-state index < -0.39 is 12.2 Å². The van der Waals surface area contributed by atoms with Crippen molar-refractivity contribution in [1.82, 2.24) is 0 Å². The van der Waals surface area contributed by atoms with Gasteiger partial charge in [-0.05, 0) is 67.1 Å². The van der Waals surface area contributed by atoms with Crippen molar-refractivity contribution >= 4 is 0 Å². The van der Waals surface area contributed by atoms with Gasteiger partial charge in [0.15, 0.2) is 0 Å². The van der Waals surface area contributed by atoms with Crippen LogP contribution in [-0.4, -0.2) is 22.4 Å². The Morgan fingerprint density at radius 2 is 1.73 bits per heavy atom. The Balaban J connectivity index is 1.57. The molecule has 0 unspecified atom stereocenters. The maximum Gasteiger partial charge on any atom is 0.0686 e. The van der Waals surface area contributed by atoms with Gasteiger partial charge < -0.3 is 10.2 Å². The molecule has 0 aromatic heterocycles. The van der Waals surface area contributed by atoms with Crippen molar-refractivity contribution in [3.63, 3.8) is 0 Å². The predicted molar refractivity (Wildman–Crippen MR) is 125 cm³/mol. The lowest BCUT2D eigenvalue weighted by Crippen LogP contribution is -2.55. The number of aliphatic hydroxyl groups excluding tert-OH is 2. The lowest BCUT2D eigenvalue weighted by Gasteiger charge is -2.57. The molecule has 4 rings (SSSR count). The normalized spacial score (nSPS) is 46.6. The van der Waals surface area contributed by atoms with Crippen LogP contribution in [0.3, 0.4) is 0 Å². The van der Waals surface area contributed by atoms with Crippen LogP contribution in [0.25, 0.3) is 0 Å². The molecule has 3 fully saturated rings. The maximum absolute atomic E-state index is 11.3. The molecule has 4 aliphatic carbocycles. The van der Waals surface area contributed by atoms with E-state index in [0.29, 0.717) is 17.3 Å². The zero-order valence-electron chi connectivity index (χ0n) is 20.3. The van der Waals surface area contributed by atoms with Gasteiger partial charge in [0.25, 0.3) is 0 Å². The summed E-state index contributed by atoms with van der Waals surface area (Å²) in [6.07, 6.45) is 13.9. The summed E-state index contributed by atoms with van der Waals surface area (Å²) in [5.41, 5.74) is 3.15. The Kier molecular flexibility index (Phi) is 6.08. The minimum Gasteiger partial charge on any atom is -0.392 e. The average molecular weight is 415 g/mol. The molecule has 2 N–H and O–H groups in total. The minimum atomic E-state index is -0.447. The molecule has 30 heavy (non-hydrogen) atoms. The molecule has 9 atom stereocenters. The van der Waals surface area contributed by atoms with Gasteiger partial charge in [-0.3, -0.25) is 0 Å². The summed E-state index contributed by atoms with van der Waals surface area (Å²) in [5, 5.41) is 21.8. The Hall–Kier alpha value is -0.600. The molecule has 0 radical (unpaired) electrons. The average Bonchev–Trinajstić information content (AvgIpc) is 3.04. The SMILES string of the molecule is CC(C)CCC[C@@H](C)[C@H]1CC[C@H]2C3=CC=C4C[C@@H](O)[C@@H](C)[C@H](O)[C@]4(C)[C@H]3CC[C@]12C. The first-order chi connectivity index (χ1) is 14.1. The zero-order valence-corrected chi connectivity index (χ0v) is 20.3. The van der Waals surface area contributed by atoms with Crippen molar-refractivity contribution in [2.45, 2.75) is 105 Å². The van der Waals surface area contributed by atoms with Gasteiger partial charge in [0.1, 0.15) is 0 Å². The molecule has 0 amide bonds. The first-order valence-electron chi connectivity index (χ1n) is 12.9. The highest BCUT2D eigenvalue weighted by atomic mass is 16.3. The molecule has 170 valence electrons. The number of fused-ring (bicyclic) bond motifs is 5. The molecule has 0 aromatic rings. The lowest BCUT2D eigenvalue weighted by molar-refractivity contribution is -0.0911. The molecule has 0 heterocycles. The summed E-state index contributed by atoms with van der Waals surface area (Å²) in [6.45, 7) is 14.1. The van der Waals surface area contributed by atoms with E-state index >= 15 is 0 Å². The Bertz CT molecular complexity index is 705. The quantitative estimate of drug-likeness (QED) is 0.537. The fraction of sp³-hybridized carbons (Fsp3) is 0.857. The van der Waals surface area contributed by atoms with E-state index in [0.717, 1.165) is 24.2 Å². The minimum absolute atomic E-state index is 0.0443. The first kappa shape index (κ1) is 22.6. The van der Waals surface area contributed by atoms with Crippen LogP contribution in [0.2, 0.25) is 0 Å². The number of rotatable bonds is 5. The standard InChI is InChI=1S/C28H46O2/c1-17(2)8-7-9-18(3)22-12-13-23-21-11-10-20-16-25(29)19(4)26(30)28(20,6)24(21)14-15-27(22,23)5/h10-11,17-19,22-26,29-30H,7-9,12-16H2,1-6H3/t18-,19-,22-,23+,24+,25-,26+,27-,28+/m1/s1. The number of hydrogen-bond acceptors (Lipinski definition) is 2. The van der Waals surface area contributed by atoms with Crippen LogP contribution in [-0.2, 0) is 0 Å². The third kappa shape index (κ3) is 3.36. The summed E-state index contributed by atoms with van der Waals surface area (Å²) in [4.78, 5) is 0. The van der Waals surface area contributed by atoms with Gasteiger partial charge >= 0.3 is 0 Å². The molecule has 2 nitrogen and oxygen atoms in total. The molecule has 0 aliphatic heterocycles. The fourth-order valence-electron chi connectivity index (χ4n) is 8.35. The van der Waals surface area contributed by atoms with Crippen molar-refractivity contribution < 1.29 is 10.2 Å². The maximum atomic E-state index is 11.3. The van der Waals surface area contributed by atoms with Gasteiger partial charge in [-0.25, -0.2) is 0 Å². The van der Waals surface area contributed by atoms with E-state index in [1.54, 1.807) is 5.57 Å². The number of hydrogen-bond donors (Lipinski definition) is 2. The molecule has 0 aromatic carbocycles. The highest BCUT2D eigenvalue weighted by Crippen LogP contribution is 2.66. The number of allylic oxidation sites excluding steroid dienone is 3. The van der Waals surface area contributed by atoms with Crippen molar-refractivity contribution in [2.75, 3.05) is 0 Å². The summed E-state index contributed by atoms with van der Waals surface area (Å²) in [5.74, 6) is 3.56. The third-order valence-corrected chi connectivity index (χ3v) is 10.4. The van der Waals surface area contributed by atoms with Crippen LogP contribution in [0, 0.1) is 46.3 Å². The van der Waals surface area contributed by atoms with Crippen LogP contribution in [0.5, 0.6) is 0 Å². The van der Waals surface area contributed by atoms with Crippen molar-refractivity contribution in [3.05, 3.63) is 23.3 Å². The van der Waals surface area contributed by atoms with Crippen molar-refractivity contribution in [3.8, 4) is 0 Å². The monoisotopic (exact) mass is 414 g/mol. The molecular weight excluding hydrogens is 368 g/mol. The Morgan fingerprint density at radius 1 is 1.00 bits per heavy atom. The molecule has 0 saturated heterocycles. The van der Waals surface area contributed by atoms with E-state index in [9.17, 15) is 10.2 Å². The van der Waals surface area contributed by atoms with Gasteiger partial charge in [0, 0.05) is 11.3 Å². The second-order valence-electron chi connectivity index (χ2n) is 12.4. The van der Waals surface area contributed by atoms with Gasteiger partial charge in [-0.1, -0.05) is 84.1 Å². The molecule has 0 spiro atoms. The van der Waals surface area contributed by atoms with Gasteiger partial charge in [-0.2, -0.15) is 0 Å². The Labute approximate surface area is 185 Å². The summed E-state index contributed by atoms with van der Waals surface area (Å²) in [7, 11) is 0. The van der Waals surface area contributed by atoms with Crippen LogP contribution < -0.4 is 0 Å². The van der Waals surface area contributed by atoms with Gasteiger partial charge in [0.2, 0.25) is 0 Å². The van der Waals surface area contributed by atoms with Crippen LogP contribution in [0.4, 0.5) is 0 Å². The van der Waals surface area contributed by atoms with Gasteiger partial charge in [-0.15, -0.1) is 0 Å². The van der Waals surface area contributed by atoms with Crippen LogP contribution in [0.1, 0.15) is 92.9 Å². The zero-order chi connectivity index (χ0) is 21.8. The summed E-state index contributed by atoms with van der Waals surface area (Å²) in [6, 6.07) is 0. The van der Waals surface area contributed by atoms with E-state index in [1.807, 2.05) is 6.92 Å². The first-order valence-corrected chi connectivity index (χ1v) is 12.9. The predicted octanol–water partition coefficient (Wildman–Crippen LogP) is 6.53. The second-order valence-corrected chi connectivity index (χ2v) is 12.4. The Morgan fingerprint density at radius 3 is 2.43 bits per heavy atom. The van der Waals surface area contributed by atoms with E-state index in [2.05, 4.69) is 46.8 Å². The highest BCUT2D eigenvalue weighted by molar-refractivity contribution is 5.40. The topological polar surface area (TPSA) is 40.5 Å². The van der Waals surface area contributed by atoms with E-state index in [-0.39, 0.29) is 11.3 Å². The number of aliphatic hydroxyl groups is 2. The largest absolute Gasteiger partial charge is 0.392 e.